The lowest BCUT2D eigenvalue weighted by Gasteiger charge is -2.09. The molecule has 2 heterocycles. The molecule has 0 atom stereocenters. The summed E-state index contributed by atoms with van der Waals surface area (Å²) in [5.74, 6) is -0.0199. The number of nitrogens with one attached hydrogen (secondary N) is 2. The third-order valence-electron chi connectivity index (χ3n) is 3.48. The van der Waals surface area contributed by atoms with Gasteiger partial charge in [0.05, 0.1) is 0 Å². The topological polar surface area (TPSA) is 110 Å². The number of aromatic nitrogens is 4. The summed E-state index contributed by atoms with van der Waals surface area (Å²) in [6, 6.07) is 10.4. The Kier molecular flexibility index (Phi) is 4.93. The number of carbonyl (C=O) groups is 2. The Labute approximate surface area is 149 Å². The van der Waals surface area contributed by atoms with Gasteiger partial charge in [-0.2, -0.15) is 4.98 Å². The van der Waals surface area contributed by atoms with Crippen LogP contribution in [-0.4, -0.2) is 31.8 Å². The van der Waals surface area contributed by atoms with E-state index in [0.717, 1.165) is 0 Å². The molecule has 130 valence electrons. The van der Waals surface area contributed by atoms with Crippen LogP contribution in [0.3, 0.4) is 0 Å². The molecule has 0 aliphatic rings. The maximum atomic E-state index is 12.5. The van der Waals surface area contributed by atoms with Gasteiger partial charge in [-0.25, -0.2) is 9.97 Å². The van der Waals surface area contributed by atoms with Gasteiger partial charge in [-0.15, -0.1) is 0 Å². The zero-order valence-corrected chi connectivity index (χ0v) is 14.2. The van der Waals surface area contributed by atoms with Crippen molar-refractivity contribution < 1.29 is 9.59 Å². The molecule has 2 amide bonds. The van der Waals surface area contributed by atoms with Crippen molar-refractivity contribution in [2.24, 2.45) is 0 Å². The normalized spacial score (nSPS) is 10.2. The summed E-state index contributed by atoms with van der Waals surface area (Å²) in [4.78, 5) is 40.1. The Morgan fingerprint density at radius 2 is 1.85 bits per heavy atom. The Morgan fingerprint density at radius 3 is 2.54 bits per heavy atom. The molecular weight excluding hydrogens is 332 g/mol. The summed E-state index contributed by atoms with van der Waals surface area (Å²) in [5.41, 5.74) is 2.39. The maximum Gasteiger partial charge on any atom is 0.258 e. The fourth-order valence-electron chi connectivity index (χ4n) is 2.34. The van der Waals surface area contributed by atoms with E-state index in [0.29, 0.717) is 28.3 Å². The van der Waals surface area contributed by atoms with E-state index in [4.69, 9.17) is 0 Å². The van der Waals surface area contributed by atoms with E-state index in [2.05, 4.69) is 30.6 Å². The molecule has 0 aliphatic heterocycles. The van der Waals surface area contributed by atoms with E-state index in [1.54, 1.807) is 43.5 Å². The van der Waals surface area contributed by atoms with Crippen LogP contribution in [0.25, 0.3) is 11.5 Å². The van der Waals surface area contributed by atoms with Crippen molar-refractivity contribution in [2.75, 3.05) is 10.6 Å². The van der Waals surface area contributed by atoms with Gasteiger partial charge in [0.1, 0.15) is 12.0 Å². The molecule has 26 heavy (non-hydrogen) atoms. The smallest absolute Gasteiger partial charge is 0.258 e. The lowest BCUT2D eigenvalue weighted by Crippen LogP contribution is -2.16. The van der Waals surface area contributed by atoms with Crippen LogP contribution in [0.5, 0.6) is 0 Å². The predicted molar refractivity (Wildman–Crippen MR) is 96.5 cm³/mol. The van der Waals surface area contributed by atoms with Gasteiger partial charge >= 0.3 is 0 Å². The van der Waals surface area contributed by atoms with Crippen molar-refractivity contribution in [3.8, 4) is 11.5 Å². The minimum absolute atomic E-state index is 0.135. The van der Waals surface area contributed by atoms with E-state index < -0.39 is 0 Å². The lowest BCUT2D eigenvalue weighted by atomic mass is 10.1. The number of nitrogens with zero attached hydrogens (tertiary/aromatic N) is 4. The number of rotatable bonds is 4. The molecule has 0 aliphatic carbocycles. The number of aryl methyl sites for hydroxylation is 1. The van der Waals surface area contributed by atoms with Crippen LogP contribution < -0.4 is 10.6 Å². The molecule has 0 saturated carbocycles. The van der Waals surface area contributed by atoms with Gasteiger partial charge in [0, 0.05) is 24.4 Å². The maximum absolute atomic E-state index is 12.5. The first-order valence-electron chi connectivity index (χ1n) is 7.83. The molecule has 8 nitrogen and oxygen atoms in total. The van der Waals surface area contributed by atoms with Crippen LogP contribution in [0, 0.1) is 6.92 Å². The largest absolute Gasteiger partial charge is 0.326 e. The quantitative estimate of drug-likeness (QED) is 0.749. The van der Waals surface area contributed by atoms with E-state index in [9.17, 15) is 9.59 Å². The minimum atomic E-state index is -0.352. The highest BCUT2D eigenvalue weighted by Crippen LogP contribution is 2.17. The van der Waals surface area contributed by atoms with Gasteiger partial charge in [0.15, 0.2) is 5.82 Å². The number of amides is 2. The summed E-state index contributed by atoms with van der Waals surface area (Å²) in [6.07, 6.45) is 2.96. The van der Waals surface area contributed by atoms with Crippen LogP contribution in [-0.2, 0) is 4.79 Å². The van der Waals surface area contributed by atoms with Gasteiger partial charge in [-0.05, 0) is 42.8 Å². The van der Waals surface area contributed by atoms with Crippen LogP contribution in [0.15, 0.2) is 48.9 Å². The van der Waals surface area contributed by atoms with E-state index in [1.807, 2.05) is 6.07 Å². The van der Waals surface area contributed by atoms with Gasteiger partial charge in [-0.3, -0.25) is 19.9 Å². The highest BCUT2D eigenvalue weighted by Gasteiger charge is 2.13. The Morgan fingerprint density at radius 1 is 1.00 bits per heavy atom. The number of benzene rings is 1. The Balaban J connectivity index is 1.79. The second-order valence-corrected chi connectivity index (χ2v) is 5.51. The zero-order chi connectivity index (χ0) is 18.5. The van der Waals surface area contributed by atoms with Gasteiger partial charge < -0.3 is 5.32 Å². The first-order chi connectivity index (χ1) is 12.5. The van der Waals surface area contributed by atoms with Gasteiger partial charge in [0.2, 0.25) is 11.9 Å². The lowest BCUT2D eigenvalue weighted by molar-refractivity contribution is -0.114. The van der Waals surface area contributed by atoms with E-state index in [1.165, 1.54) is 13.3 Å². The van der Waals surface area contributed by atoms with Crippen LogP contribution in [0.4, 0.5) is 11.6 Å². The molecule has 3 aromatic rings. The summed E-state index contributed by atoms with van der Waals surface area (Å²) in [5, 5.41) is 5.33. The zero-order valence-electron chi connectivity index (χ0n) is 14.2. The fourth-order valence-corrected chi connectivity index (χ4v) is 2.34. The third kappa shape index (κ3) is 4.04. The fraction of sp³-hybridized carbons (Fsp3) is 0.111. The highest BCUT2D eigenvalue weighted by molar-refractivity contribution is 6.05. The molecule has 0 spiro atoms. The first-order valence-corrected chi connectivity index (χ1v) is 7.83. The molecule has 3 rings (SSSR count). The summed E-state index contributed by atoms with van der Waals surface area (Å²) in [6.45, 7) is 3.21. The highest BCUT2D eigenvalue weighted by atomic mass is 16.2. The van der Waals surface area contributed by atoms with Gasteiger partial charge in [-0.1, -0.05) is 6.07 Å². The molecule has 0 bridgehead atoms. The summed E-state index contributed by atoms with van der Waals surface area (Å²) in [7, 11) is 0. The third-order valence-corrected chi connectivity index (χ3v) is 3.48. The van der Waals surface area contributed by atoms with Crippen molar-refractivity contribution in [3.63, 3.8) is 0 Å². The summed E-state index contributed by atoms with van der Waals surface area (Å²) >= 11 is 0. The number of hydrogen-bond acceptors (Lipinski definition) is 6. The van der Waals surface area contributed by atoms with E-state index >= 15 is 0 Å². The molecule has 8 heteroatoms. The van der Waals surface area contributed by atoms with E-state index in [-0.39, 0.29) is 17.8 Å². The number of carbonyl (C=O) groups excluding carboxylic acids is 2. The monoisotopic (exact) mass is 348 g/mol. The SMILES string of the molecule is CC(=O)Nc1ccc(C(=O)Nc2ncnc(-c3ccccn3)n2)c(C)c1. The second-order valence-electron chi connectivity index (χ2n) is 5.51. The van der Waals surface area contributed by atoms with Crippen molar-refractivity contribution in [1.82, 2.24) is 19.9 Å². The molecule has 1 aromatic carbocycles. The Bertz CT molecular complexity index is 959. The number of anilines is 2. The standard InChI is InChI=1S/C18H16N6O2/c1-11-9-13(22-12(2)25)6-7-14(11)17(26)24-18-21-10-20-16(23-18)15-5-3-4-8-19-15/h3-10H,1-2H3,(H,22,25)(H,20,21,23,24,26). The summed E-state index contributed by atoms with van der Waals surface area (Å²) < 4.78 is 0. The molecular formula is C18H16N6O2. The minimum Gasteiger partial charge on any atom is -0.326 e. The molecule has 0 unspecified atom stereocenters. The molecule has 2 N–H and O–H groups in total. The first kappa shape index (κ1) is 17.2. The molecule has 0 saturated heterocycles. The molecule has 2 aromatic heterocycles. The average Bonchev–Trinajstić information content (AvgIpc) is 2.62. The van der Waals surface area contributed by atoms with Crippen molar-refractivity contribution in [1.29, 1.82) is 0 Å². The number of pyridine rings is 1. The average molecular weight is 348 g/mol. The van der Waals surface area contributed by atoms with Crippen LogP contribution >= 0.6 is 0 Å². The van der Waals surface area contributed by atoms with Crippen LogP contribution in [0.2, 0.25) is 0 Å². The van der Waals surface area contributed by atoms with Crippen LogP contribution in [0.1, 0.15) is 22.8 Å². The van der Waals surface area contributed by atoms with Crippen molar-refractivity contribution >= 4 is 23.5 Å². The van der Waals surface area contributed by atoms with Gasteiger partial charge in [0.25, 0.3) is 5.91 Å². The molecule has 0 fully saturated rings. The number of hydrogen-bond donors (Lipinski definition) is 2. The van der Waals surface area contributed by atoms with Crippen molar-refractivity contribution in [3.05, 3.63) is 60.0 Å². The molecule has 0 radical (unpaired) electrons. The van der Waals surface area contributed by atoms with Crippen molar-refractivity contribution in [2.45, 2.75) is 13.8 Å². The predicted octanol–water partition coefficient (Wildman–Crippen LogP) is 2.45. The second kappa shape index (κ2) is 7.47. The Hall–Kier alpha value is -3.68.